The molecule has 4 bridgehead atoms. The second kappa shape index (κ2) is 7.66. The Morgan fingerprint density at radius 3 is 1.90 bits per heavy atom. The zero-order valence-electron chi connectivity index (χ0n) is 18.0. The molecule has 1 aromatic carbocycles. The Bertz CT molecular complexity index is 901. The van der Waals surface area contributed by atoms with Crippen LogP contribution in [0.15, 0.2) is 29.2 Å². The van der Waals surface area contributed by atoms with Crippen LogP contribution in [0.3, 0.4) is 0 Å². The van der Waals surface area contributed by atoms with E-state index in [-0.39, 0.29) is 28.0 Å². The Kier molecular flexibility index (Phi) is 5.45. The summed E-state index contributed by atoms with van der Waals surface area (Å²) in [5.41, 5.74) is 0.223. The third kappa shape index (κ3) is 4.13. The molecule has 0 heterocycles. The third-order valence-corrected chi connectivity index (χ3v) is 8.43. The van der Waals surface area contributed by atoms with Crippen LogP contribution in [-0.4, -0.2) is 32.5 Å². The summed E-state index contributed by atoms with van der Waals surface area (Å²) in [6, 6.07) is 5.48. The first-order valence-corrected chi connectivity index (χ1v) is 12.9. The lowest BCUT2D eigenvalue weighted by molar-refractivity contribution is -0.148. The molecule has 5 rings (SSSR count). The predicted octanol–water partition coefficient (Wildman–Crippen LogP) is 3.39. The third-order valence-electron chi connectivity index (χ3n) is 7.31. The topological polar surface area (TPSA) is 92.3 Å². The molecule has 1 atom stereocenters. The number of amides is 2. The molecule has 30 heavy (non-hydrogen) atoms. The van der Waals surface area contributed by atoms with Crippen LogP contribution in [0.4, 0.5) is 5.69 Å². The monoisotopic (exact) mass is 432 g/mol. The Morgan fingerprint density at radius 2 is 1.47 bits per heavy atom. The van der Waals surface area contributed by atoms with E-state index < -0.39 is 15.9 Å². The molecular weight excluding hydrogens is 400 g/mol. The first kappa shape index (κ1) is 21.3. The summed E-state index contributed by atoms with van der Waals surface area (Å²) in [6.07, 6.45) is 7.84. The second-order valence-electron chi connectivity index (χ2n) is 10.2. The molecule has 0 unspecified atom stereocenters. The van der Waals surface area contributed by atoms with Gasteiger partial charge in [0.2, 0.25) is 11.8 Å². The smallest absolute Gasteiger partial charge is 0.247 e. The number of nitrogens with one attached hydrogen (secondary N) is 2. The highest BCUT2D eigenvalue weighted by Crippen LogP contribution is 2.60. The summed E-state index contributed by atoms with van der Waals surface area (Å²) in [4.78, 5) is 26.5. The van der Waals surface area contributed by atoms with Gasteiger partial charge in [0.15, 0.2) is 9.84 Å². The van der Waals surface area contributed by atoms with Gasteiger partial charge in [-0.1, -0.05) is 13.8 Å². The molecule has 4 aliphatic rings. The fourth-order valence-corrected chi connectivity index (χ4v) is 6.85. The van der Waals surface area contributed by atoms with Crippen LogP contribution in [0.25, 0.3) is 0 Å². The maximum Gasteiger partial charge on any atom is 0.247 e. The van der Waals surface area contributed by atoms with Crippen molar-refractivity contribution in [3.8, 4) is 0 Å². The van der Waals surface area contributed by atoms with Gasteiger partial charge in [0, 0.05) is 17.4 Å². The molecule has 4 saturated carbocycles. The first-order valence-electron chi connectivity index (χ1n) is 11.0. The second-order valence-corrected chi connectivity index (χ2v) is 12.2. The van der Waals surface area contributed by atoms with E-state index in [2.05, 4.69) is 10.6 Å². The molecule has 0 saturated heterocycles. The van der Waals surface area contributed by atoms with E-state index in [4.69, 9.17) is 0 Å². The average Bonchev–Trinajstić information content (AvgIpc) is 2.64. The molecule has 1 aromatic rings. The molecular formula is C23H32N2O4S. The van der Waals surface area contributed by atoms with Crippen LogP contribution in [0, 0.1) is 29.1 Å². The lowest BCUT2D eigenvalue weighted by atomic mass is 9.49. The summed E-state index contributed by atoms with van der Waals surface area (Å²) in [7, 11) is -3.29. The lowest BCUT2D eigenvalue weighted by Gasteiger charge is -2.55. The largest absolute Gasteiger partial charge is 0.344 e. The predicted molar refractivity (Wildman–Crippen MR) is 116 cm³/mol. The average molecular weight is 433 g/mol. The normalized spacial score (nSPS) is 30.9. The number of sulfone groups is 1. The van der Waals surface area contributed by atoms with Crippen LogP contribution < -0.4 is 10.6 Å². The molecule has 7 heteroatoms. The van der Waals surface area contributed by atoms with Gasteiger partial charge in [0.05, 0.1) is 4.90 Å². The van der Waals surface area contributed by atoms with Crippen LogP contribution in [0.1, 0.15) is 52.4 Å². The number of carbonyl (C=O) groups is 2. The van der Waals surface area contributed by atoms with Crippen molar-refractivity contribution < 1.29 is 18.0 Å². The minimum absolute atomic E-state index is 0.0443. The van der Waals surface area contributed by atoms with E-state index >= 15 is 0 Å². The molecule has 6 nitrogen and oxygen atoms in total. The highest BCUT2D eigenvalue weighted by atomic mass is 32.2. The standard InChI is InChI=1S/C23H32N2O4S/c1-14(2)20(21(26)24-18-4-6-19(7-5-18)30(3,28)29)25-22(27)23-11-15-8-16(12-23)10-17(9-15)13-23/h4-7,14-17,20H,8-13H2,1-3H3,(H,24,26)(H,25,27)/t15?,16?,17?,20-,23?/m1/s1. The van der Waals surface area contributed by atoms with Gasteiger partial charge >= 0.3 is 0 Å². The minimum atomic E-state index is -3.29. The van der Waals surface area contributed by atoms with Crippen LogP contribution >= 0.6 is 0 Å². The van der Waals surface area contributed by atoms with Crippen molar-refractivity contribution in [3.63, 3.8) is 0 Å². The van der Waals surface area contributed by atoms with Crippen LogP contribution in [0.5, 0.6) is 0 Å². The van der Waals surface area contributed by atoms with Crippen LogP contribution in [0.2, 0.25) is 0 Å². The van der Waals surface area contributed by atoms with E-state index in [1.165, 1.54) is 31.4 Å². The Balaban J connectivity index is 1.45. The first-order chi connectivity index (χ1) is 14.1. The van der Waals surface area contributed by atoms with Gasteiger partial charge in [-0.15, -0.1) is 0 Å². The number of rotatable bonds is 6. The highest BCUT2D eigenvalue weighted by Gasteiger charge is 2.55. The van der Waals surface area contributed by atoms with Gasteiger partial charge in [0.25, 0.3) is 0 Å². The van der Waals surface area contributed by atoms with Gasteiger partial charge in [-0.25, -0.2) is 8.42 Å². The van der Waals surface area contributed by atoms with Gasteiger partial charge in [-0.2, -0.15) is 0 Å². The van der Waals surface area contributed by atoms with E-state index in [0.717, 1.165) is 25.5 Å². The summed E-state index contributed by atoms with van der Waals surface area (Å²) in [5, 5.41) is 5.91. The van der Waals surface area contributed by atoms with Crippen molar-refractivity contribution in [2.75, 3.05) is 11.6 Å². The van der Waals surface area contributed by atoms with E-state index in [9.17, 15) is 18.0 Å². The fraction of sp³-hybridized carbons (Fsp3) is 0.652. The van der Waals surface area contributed by atoms with Gasteiger partial charge < -0.3 is 10.6 Å². The maximum atomic E-state index is 13.4. The Morgan fingerprint density at radius 1 is 0.967 bits per heavy atom. The molecule has 4 aliphatic carbocycles. The van der Waals surface area contributed by atoms with Gasteiger partial charge in [0.1, 0.15) is 6.04 Å². The van der Waals surface area contributed by atoms with Crippen molar-refractivity contribution in [3.05, 3.63) is 24.3 Å². The molecule has 2 N–H and O–H groups in total. The quantitative estimate of drug-likeness (QED) is 0.721. The summed E-state index contributed by atoms with van der Waals surface area (Å²) >= 11 is 0. The Labute approximate surface area is 179 Å². The minimum Gasteiger partial charge on any atom is -0.344 e. The van der Waals surface area contributed by atoms with Gasteiger partial charge in [-0.3, -0.25) is 9.59 Å². The molecule has 4 fully saturated rings. The van der Waals surface area contributed by atoms with E-state index in [1.54, 1.807) is 12.1 Å². The van der Waals surface area contributed by atoms with E-state index in [0.29, 0.717) is 23.4 Å². The number of benzene rings is 1. The Hall–Kier alpha value is -1.89. The fourth-order valence-electron chi connectivity index (χ4n) is 6.22. The zero-order valence-corrected chi connectivity index (χ0v) is 18.8. The SMILES string of the molecule is CC(C)[C@@H](NC(=O)C12CC3CC(CC(C3)C1)C2)C(=O)Nc1ccc(S(C)(=O)=O)cc1. The number of hydrogen-bond donors (Lipinski definition) is 2. The van der Waals surface area contributed by atoms with Crippen molar-refractivity contribution in [1.29, 1.82) is 0 Å². The van der Waals surface area contributed by atoms with E-state index in [1.807, 2.05) is 13.8 Å². The summed E-state index contributed by atoms with van der Waals surface area (Å²) < 4.78 is 23.2. The number of hydrogen-bond acceptors (Lipinski definition) is 4. The van der Waals surface area contributed by atoms with Crippen LogP contribution in [-0.2, 0) is 19.4 Å². The van der Waals surface area contributed by atoms with Crippen molar-refractivity contribution in [1.82, 2.24) is 5.32 Å². The molecule has 0 aliphatic heterocycles. The highest BCUT2D eigenvalue weighted by molar-refractivity contribution is 7.90. The summed E-state index contributed by atoms with van der Waals surface area (Å²) in [6.45, 7) is 3.86. The zero-order chi connectivity index (χ0) is 21.7. The van der Waals surface area contributed by atoms with Crippen molar-refractivity contribution >= 4 is 27.3 Å². The lowest BCUT2D eigenvalue weighted by Crippen LogP contribution is -2.57. The maximum absolute atomic E-state index is 13.4. The summed E-state index contributed by atoms with van der Waals surface area (Å²) in [5.74, 6) is 1.72. The number of carbonyl (C=O) groups excluding carboxylic acids is 2. The molecule has 0 radical (unpaired) electrons. The van der Waals surface area contributed by atoms with Crippen molar-refractivity contribution in [2.24, 2.45) is 29.1 Å². The van der Waals surface area contributed by atoms with Gasteiger partial charge in [-0.05, 0) is 86.5 Å². The molecule has 2 amide bonds. The molecule has 164 valence electrons. The molecule has 0 aromatic heterocycles. The molecule has 0 spiro atoms. The number of anilines is 1. The van der Waals surface area contributed by atoms with Crippen molar-refractivity contribution in [2.45, 2.75) is 63.3 Å².